The standard InChI is InChI=1S/C12H20O/c1-9-11-6-4-3-5-10(11)7-8-12(9)13-2/h9,12H,3-8H2,1-2H3. The van der Waals surface area contributed by atoms with Crippen molar-refractivity contribution in [3.05, 3.63) is 11.1 Å². The summed E-state index contributed by atoms with van der Waals surface area (Å²) in [5.41, 5.74) is 3.51. The second-order valence-electron chi connectivity index (χ2n) is 4.44. The quantitative estimate of drug-likeness (QED) is 0.563. The SMILES string of the molecule is COC1CCC2=C(CCCC2)C1C. The van der Waals surface area contributed by atoms with Gasteiger partial charge in [-0.25, -0.2) is 0 Å². The summed E-state index contributed by atoms with van der Waals surface area (Å²) in [4.78, 5) is 0. The van der Waals surface area contributed by atoms with Crippen LogP contribution in [0.25, 0.3) is 0 Å². The third kappa shape index (κ3) is 1.67. The molecule has 2 unspecified atom stereocenters. The van der Waals surface area contributed by atoms with E-state index in [1.165, 1.54) is 38.5 Å². The van der Waals surface area contributed by atoms with Gasteiger partial charge in [0, 0.05) is 13.0 Å². The lowest BCUT2D eigenvalue weighted by molar-refractivity contribution is 0.0553. The topological polar surface area (TPSA) is 9.23 Å². The number of allylic oxidation sites excluding steroid dienone is 1. The summed E-state index contributed by atoms with van der Waals surface area (Å²) in [6.07, 6.45) is 8.58. The van der Waals surface area contributed by atoms with E-state index in [0.29, 0.717) is 12.0 Å². The van der Waals surface area contributed by atoms with Crippen LogP contribution in [0.4, 0.5) is 0 Å². The van der Waals surface area contributed by atoms with Crippen molar-refractivity contribution in [3.8, 4) is 0 Å². The number of ether oxygens (including phenoxy) is 1. The van der Waals surface area contributed by atoms with E-state index in [0.717, 1.165) is 0 Å². The van der Waals surface area contributed by atoms with E-state index >= 15 is 0 Å². The highest BCUT2D eigenvalue weighted by atomic mass is 16.5. The Morgan fingerprint density at radius 1 is 1.15 bits per heavy atom. The summed E-state index contributed by atoms with van der Waals surface area (Å²) in [6.45, 7) is 2.34. The van der Waals surface area contributed by atoms with Gasteiger partial charge in [-0.1, -0.05) is 18.1 Å². The third-order valence-corrected chi connectivity index (χ3v) is 3.77. The first-order valence-electron chi connectivity index (χ1n) is 5.56. The smallest absolute Gasteiger partial charge is 0.0637 e. The van der Waals surface area contributed by atoms with Gasteiger partial charge in [0.15, 0.2) is 0 Å². The highest BCUT2D eigenvalue weighted by Gasteiger charge is 2.28. The van der Waals surface area contributed by atoms with Crippen molar-refractivity contribution in [1.29, 1.82) is 0 Å². The summed E-state index contributed by atoms with van der Waals surface area (Å²) in [5.74, 6) is 0.689. The summed E-state index contributed by atoms with van der Waals surface area (Å²) < 4.78 is 5.52. The van der Waals surface area contributed by atoms with Crippen LogP contribution in [-0.2, 0) is 4.74 Å². The Morgan fingerprint density at radius 3 is 2.69 bits per heavy atom. The molecule has 2 aliphatic rings. The second-order valence-corrected chi connectivity index (χ2v) is 4.44. The molecule has 1 nitrogen and oxygen atoms in total. The largest absolute Gasteiger partial charge is 0.381 e. The van der Waals surface area contributed by atoms with E-state index in [4.69, 9.17) is 4.74 Å². The fourth-order valence-corrected chi connectivity index (χ4v) is 2.94. The van der Waals surface area contributed by atoms with Gasteiger partial charge >= 0.3 is 0 Å². The summed E-state index contributed by atoms with van der Waals surface area (Å²) in [6, 6.07) is 0. The molecule has 0 amide bonds. The molecule has 0 saturated carbocycles. The fraction of sp³-hybridized carbons (Fsp3) is 0.833. The molecule has 0 bridgehead atoms. The first-order chi connectivity index (χ1) is 6.33. The third-order valence-electron chi connectivity index (χ3n) is 3.77. The lowest BCUT2D eigenvalue weighted by Crippen LogP contribution is -2.28. The molecular formula is C12H20O. The Hall–Kier alpha value is -0.300. The van der Waals surface area contributed by atoms with Gasteiger partial charge in [-0.3, -0.25) is 0 Å². The molecular weight excluding hydrogens is 160 g/mol. The minimum absolute atomic E-state index is 0.497. The van der Waals surface area contributed by atoms with Crippen LogP contribution in [0.3, 0.4) is 0 Å². The van der Waals surface area contributed by atoms with Gasteiger partial charge in [0.1, 0.15) is 0 Å². The summed E-state index contributed by atoms with van der Waals surface area (Å²) >= 11 is 0. The molecule has 0 spiro atoms. The van der Waals surface area contributed by atoms with Crippen molar-refractivity contribution in [2.75, 3.05) is 7.11 Å². The molecule has 2 rings (SSSR count). The molecule has 0 aliphatic heterocycles. The molecule has 74 valence electrons. The predicted molar refractivity (Wildman–Crippen MR) is 54.7 cm³/mol. The van der Waals surface area contributed by atoms with Crippen LogP contribution in [0.1, 0.15) is 45.4 Å². The van der Waals surface area contributed by atoms with Gasteiger partial charge in [0.25, 0.3) is 0 Å². The maximum absolute atomic E-state index is 5.52. The van der Waals surface area contributed by atoms with E-state index < -0.39 is 0 Å². The monoisotopic (exact) mass is 180 g/mol. The lowest BCUT2D eigenvalue weighted by atomic mass is 9.75. The van der Waals surface area contributed by atoms with E-state index in [2.05, 4.69) is 6.92 Å². The fourth-order valence-electron chi connectivity index (χ4n) is 2.94. The van der Waals surface area contributed by atoms with Crippen molar-refractivity contribution >= 4 is 0 Å². The summed E-state index contributed by atoms with van der Waals surface area (Å²) in [5, 5.41) is 0. The minimum Gasteiger partial charge on any atom is -0.381 e. The lowest BCUT2D eigenvalue weighted by Gasteiger charge is -2.35. The zero-order chi connectivity index (χ0) is 9.26. The predicted octanol–water partition coefficient (Wildman–Crippen LogP) is 3.30. The Kier molecular flexibility index (Phi) is 2.73. The maximum atomic E-state index is 5.52. The first kappa shape index (κ1) is 9.26. The van der Waals surface area contributed by atoms with Gasteiger partial charge < -0.3 is 4.74 Å². The molecule has 0 heterocycles. The molecule has 2 aliphatic carbocycles. The van der Waals surface area contributed by atoms with E-state index in [1.807, 2.05) is 7.11 Å². The van der Waals surface area contributed by atoms with Gasteiger partial charge in [-0.15, -0.1) is 0 Å². The molecule has 0 aromatic rings. The molecule has 0 radical (unpaired) electrons. The van der Waals surface area contributed by atoms with Crippen LogP contribution in [0.15, 0.2) is 11.1 Å². The Morgan fingerprint density at radius 2 is 1.92 bits per heavy atom. The number of rotatable bonds is 1. The summed E-state index contributed by atoms with van der Waals surface area (Å²) in [7, 11) is 1.86. The number of hydrogen-bond donors (Lipinski definition) is 0. The van der Waals surface area contributed by atoms with E-state index in [9.17, 15) is 0 Å². The van der Waals surface area contributed by atoms with Crippen molar-refractivity contribution < 1.29 is 4.74 Å². The zero-order valence-electron chi connectivity index (χ0n) is 8.81. The van der Waals surface area contributed by atoms with Crippen molar-refractivity contribution in [2.45, 2.75) is 51.6 Å². The van der Waals surface area contributed by atoms with Crippen LogP contribution in [0, 0.1) is 5.92 Å². The zero-order valence-corrected chi connectivity index (χ0v) is 8.81. The van der Waals surface area contributed by atoms with Crippen LogP contribution < -0.4 is 0 Å². The van der Waals surface area contributed by atoms with Crippen molar-refractivity contribution in [2.24, 2.45) is 5.92 Å². The van der Waals surface area contributed by atoms with Crippen LogP contribution in [0.2, 0.25) is 0 Å². The normalized spacial score (nSPS) is 34.6. The van der Waals surface area contributed by atoms with Crippen LogP contribution in [0.5, 0.6) is 0 Å². The first-order valence-corrected chi connectivity index (χ1v) is 5.56. The molecule has 1 heteroatoms. The molecule has 0 N–H and O–H groups in total. The second kappa shape index (κ2) is 3.83. The maximum Gasteiger partial charge on any atom is 0.0637 e. The van der Waals surface area contributed by atoms with Gasteiger partial charge in [-0.05, 0) is 38.5 Å². The number of hydrogen-bond acceptors (Lipinski definition) is 1. The molecule has 2 atom stereocenters. The Labute approximate surface area is 81.2 Å². The van der Waals surface area contributed by atoms with Gasteiger partial charge in [0.05, 0.1) is 6.10 Å². The van der Waals surface area contributed by atoms with Gasteiger partial charge in [-0.2, -0.15) is 0 Å². The molecule has 0 saturated heterocycles. The van der Waals surface area contributed by atoms with E-state index in [1.54, 1.807) is 11.1 Å². The Balaban J connectivity index is 2.17. The highest BCUT2D eigenvalue weighted by molar-refractivity contribution is 5.23. The number of methoxy groups -OCH3 is 1. The van der Waals surface area contributed by atoms with Gasteiger partial charge in [0.2, 0.25) is 0 Å². The Bertz CT molecular complexity index is 217. The average molecular weight is 180 g/mol. The highest BCUT2D eigenvalue weighted by Crippen LogP contribution is 2.39. The average Bonchev–Trinajstić information content (AvgIpc) is 2.19. The van der Waals surface area contributed by atoms with Crippen molar-refractivity contribution in [3.63, 3.8) is 0 Å². The van der Waals surface area contributed by atoms with Crippen LogP contribution >= 0.6 is 0 Å². The van der Waals surface area contributed by atoms with E-state index in [-0.39, 0.29) is 0 Å². The molecule has 13 heavy (non-hydrogen) atoms. The molecule has 0 aromatic carbocycles. The molecule has 0 fully saturated rings. The molecule has 0 aromatic heterocycles. The van der Waals surface area contributed by atoms with Crippen LogP contribution in [-0.4, -0.2) is 13.2 Å². The minimum atomic E-state index is 0.497. The van der Waals surface area contributed by atoms with Crippen molar-refractivity contribution in [1.82, 2.24) is 0 Å².